The highest BCUT2D eigenvalue weighted by atomic mass is 35.5. The number of halogens is 1. The number of aliphatic hydroxyl groups excluding tert-OH is 1. The van der Waals surface area contributed by atoms with Crippen LogP contribution < -0.4 is 14.4 Å². The molecule has 1 aliphatic rings. The van der Waals surface area contributed by atoms with Crippen molar-refractivity contribution in [1.29, 1.82) is 0 Å². The fourth-order valence-corrected chi connectivity index (χ4v) is 4.34. The molecule has 33 heavy (non-hydrogen) atoms. The van der Waals surface area contributed by atoms with Gasteiger partial charge in [-0.1, -0.05) is 17.7 Å². The zero-order valence-corrected chi connectivity index (χ0v) is 19.3. The average Bonchev–Trinajstić information content (AvgIpc) is 3.39. The van der Waals surface area contributed by atoms with E-state index >= 15 is 0 Å². The molecule has 2 heterocycles. The summed E-state index contributed by atoms with van der Waals surface area (Å²) in [6.45, 7) is 3.80. The Hall–Kier alpha value is -3.71. The lowest BCUT2D eigenvalue weighted by Gasteiger charge is -2.24. The van der Waals surface area contributed by atoms with Crippen LogP contribution in [0.2, 0.25) is 5.02 Å². The Labute approximate surface area is 195 Å². The fourth-order valence-electron chi connectivity index (χ4n) is 4.09. The molecule has 0 saturated carbocycles. The number of anilines is 1. The number of Topliss-reactive ketones (excluding diaryl/α,β-unsaturated/α-hetero) is 1. The summed E-state index contributed by atoms with van der Waals surface area (Å²) in [7, 11) is 2.87. The number of hydrogen-bond acceptors (Lipinski definition) is 6. The smallest absolute Gasteiger partial charge is 0.300 e. The number of methoxy groups -OCH3 is 2. The number of furan rings is 1. The lowest BCUT2D eigenvalue weighted by molar-refractivity contribution is -0.132. The number of benzene rings is 2. The molecule has 0 aliphatic carbocycles. The van der Waals surface area contributed by atoms with Gasteiger partial charge in [-0.05, 0) is 55.3 Å². The van der Waals surface area contributed by atoms with Gasteiger partial charge in [0.25, 0.3) is 11.7 Å². The number of aryl methyl sites for hydroxylation is 2. The zero-order chi connectivity index (χ0) is 23.9. The summed E-state index contributed by atoms with van der Waals surface area (Å²) < 4.78 is 16.2. The second-order valence-electron chi connectivity index (χ2n) is 7.72. The van der Waals surface area contributed by atoms with E-state index in [2.05, 4.69) is 0 Å². The molecule has 1 fully saturated rings. The van der Waals surface area contributed by atoms with Gasteiger partial charge < -0.3 is 19.0 Å². The number of ketones is 1. The molecule has 1 unspecified atom stereocenters. The molecule has 170 valence electrons. The predicted molar refractivity (Wildman–Crippen MR) is 124 cm³/mol. The van der Waals surface area contributed by atoms with Gasteiger partial charge in [-0.3, -0.25) is 14.5 Å². The maximum Gasteiger partial charge on any atom is 0.300 e. The topological polar surface area (TPSA) is 89.2 Å². The minimum atomic E-state index is -0.980. The van der Waals surface area contributed by atoms with Crippen LogP contribution in [-0.4, -0.2) is 31.0 Å². The maximum absolute atomic E-state index is 13.2. The Morgan fingerprint density at radius 2 is 1.70 bits per heavy atom. The molecular formula is C25H22ClNO6. The second-order valence-corrected chi connectivity index (χ2v) is 8.12. The third-order valence-corrected chi connectivity index (χ3v) is 5.77. The summed E-state index contributed by atoms with van der Waals surface area (Å²) in [5, 5.41) is 11.5. The third kappa shape index (κ3) is 3.85. The standard InChI is InChI=1S/C25H22ClNO6/c1-13-8-14(2)10-15(9-13)27-22(18-6-5-7-33-18)21(24(29)25(27)30)23(28)16-11-17(26)20(32-4)12-19(16)31-3/h5-12,22,28H,1-4H3/b23-21-. The van der Waals surface area contributed by atoms with Crippen molar-refractivity contribution in [3.63, 3.8) is 0 Å². The van der Waals surface area contributed by atoms with Crippen LogP contribution in [0.5, 0.6) is 11.5 Å². The highest BCUT2D eigenvalue weighted by Gasteiger charge is 2.48. The first-order valence-electron chi connectivity index (χ1n) is 10.1. The highest BCUT2D eigenvalue weighted by molar-refractivity contribution is 6.51. The summed E-state index contributed by atoms with van der Waals surface area (Å²) in [5.74, 6) is -1.16. The molecule has 8 heteroatoms. The first kappa shape index (κ1) is 22.5. The van der Waals surface area contributed by atoms with Gasteiger partial charge in [0.2, 0.25) is 0 Å². The van der Waals surface area contributed by atoms with Gasteiger partial charge >= 0.3 is 0 Å². The van der Waals surface area contributed by atoms with Crippen LogP contribution in [0.3, 0.4) is 0 Å². The van der Waals surface area contributed by atoms with Crippen molar-refractivity contribution in [3.05, 3.63) is 81.8 Å². The molecule has 2 aromatic carbocycles. The quantitative estimate of drug-likeness (QED) is 0.315. The zero-order valence-electron chi connectivity index (χ0n) is 18.5. The monoisotopic (exact) mass is 467 g/mol. The summed E-state index contributed by atoms with van der Waals surface area (Å²) >= 11 is 6.27. The van der Waals surface area contributed by atoms with Gasteiger partial charge in [0.15, 0.2) is 0 Å². The van der Waals surface area contributed by atoms with E-state index in [0.717, 1.165) is 11.1 Å². The van der Waals surface area contributed by atoms with E-state index in [1.807, 2.05) is 19.9 Å². The van der Waals surface area contributed by atoms with E-state index in [0.29, 0.717) is 17.2 Å². The van der Waals surface area contributed by atoms with E-state index in [9.17, 15) is 14.7 Å². The molecule has 1 amide bonds. The molecule has 4 rings (SSSR count). The SMILES string of the molecule is COc1cc(OC)c(/C(O)=C2/C(=O)C(=O)N(c3cc(C)cc(C)c3)C2c2ccco2)cc1Cl. The number of amides is 1. The average molecular weight is 468 g/mol. The second kappa shape index (κ2) is 8.67. The number of aliphatic hydroxyl groups is 1. The number of ether oxygens (including phenoxy) is 2. The third-order valence-electron chi connectivity index (χ3n) is 5.47. The van der Waals surface area contributed by atoms with Crippen molar-refractivity contribution >= 4 is 34.7 Å². The summed E-state index contributed by atoms with van der Waals surface area (Å²) in [5.41, 5.74) is 2.39. The molecule has 1 N–H and O–H groups in total. The molecular weight excluding hydrogens is 446 g/mol. The van der Waals surface area contributed by atoms with Crippen LogP contribution in [0.25, 0.3) is 5.76 Å². The largest absolute Gasteiger partial charge is 0.507 e. The van der Waals surface area contributed by atoms with Crippen LogP contribution >= 0.6 is 11.6 Å². The van der Waals surface area contributed by atoms with Gasteiger partial charge in [0.1, 0.15) is 29.1 Å². The summed E-state index contributed by atoms with van der Waals surface area (Å²) in [6, 6.07) is 10.8. The molecule has 1 aliphatic heterocycles. The molecule has 0 bridgehead atoms. The highest BCUT2D eigenvalue weighted by Crippen LogP contribution is 2.45. The van der Waals surface area contributed by atoms with E-state index in [1.165, 1.54) is 37.5 Å². The first-order valence-corrected chi connectivity index (χ1v) is 10.5. The van der Waals surface area contributed by atoms with E-state index in [1.54, 1.807) is 24.3 Å². The van der Waals surface area contributed by atoms with Gasteiger partial charge in [-0.15, -0.1) is 0 Å². The Morgan fingerprint density at radius 3 is 2.27 bits per heavy atom. The predicted octanol–water partition coefficient (Wildman–Crippen LogP) is 5.19. The maximum atomic E-state index is 13.2. The van der Waals surface area contributed by atoms with Crippen molar-refractivity contribution in [2.75, 3.05) is 19.1 Å². The molecule has 1 saturated heterocycles. The van der Waals surface area contributed by atoms with E-state index < -0.39 is 23.5 Å². The van der Waals surface area contributed by atoms with Crippen LogP contribution in [-0.2, 0) is 9.59 Å². The molecule has 7 nitrogen and oxygen atoms in total. The Kier molecular flexibility index (Phi) is 5.91. The fraction of sp³-hybridized carbons (Fsp3) is 0.200. The van der Waals surface area contributed by atoms with Gasteiger partial charge in [-0.25, -0.2) is 0 Å². The van der Waals surface area contributed by atoms with Crippen molar-refractivity contribution in [1.82, 2.24) is 0 Å². The van der Waals surface area contributed by atoms with Crippen molar-refractivity contribution < 1.29 is 28.6 Å². The van der Waals surface area contributed by atoms with Crippen LogP contribution in [0, 0.1) is 13.8 Å². The van der Waals surface area contributed by atoms with Gasteiger partial charge in [-0.2, -0.15) is 0 Å². The van der Waals surface area contributed by atoms with Gasteiger partial charge in [0.05, 0.1) is 36.6 Å². The van der Waals surface area contributed by atoms with Crippen LogP contribution in [0.4, 0.5) is 5.69 Å². The first-order chi connectivity index (χ1) is 15.8. The lowest BCUT2D eigenvalue weighted by Crippen LogP contribution is -2.29. The van der Waals surface area contributed by atoms with Crippen LogP contribution in [0.1, 0.15) is 28.5 Å². The lowest BCUT2D eigenvalue weighted by atomic mass is 9.98. The van der Waals surface area contributed by atoms with Crippen molar-refractivity contribution in [3.8, 4) is 11.5 Å². The number of carbonyl (C=O) groups excluding carboxylic acids is 2. The summed E-state index contributed by atoms with van der Waals surface area (Å²) in [6.07, 6.45) is 1.45. The minimum absolute atomic E-state index is 0.131. The summed E-state index contributed by atoms with van der Waals surface area (Å²) in [4.78, 5) is 27.8. The van der Waals surface area contributed by atoms with Crippen molar-refractivity contribution in [2.24, 2.45) is 0 Å². The van der Waals surface area contributed by atoms with E-state index in [4.69, 9.17) is 25.5 Å². The molecule has 0 radical (unpaired) electrons. The van der Waals surface area contributed by atoms with Crippen molar-refractivity contribution in [2.45, 2.75) is 19.9 Å². The Balaban J connectivity index is 1.97. The van der Waals surface area contributed by atoms with Crippen LogP contribution in [0.15, 0.2) is 58.7 Å². The molecule has 1 atom stereocenters. The van der Waals surface area contributed by atoms with Gasteiger partial charge in [0, 0.05) is 11.8 Å². The normalized spacial score (nSPS) is 17.5. The van der Waals surface area contributed by atoms with E-state index in [-0.39, 0.29) is 21.9 Å². The molecule has 3 aromatic rings. The molecule has 0 spiro atoms. The number of hydrogen-bond donors (Lipinski definition) is 1. The Morgan fingerprint density at radius 1 is 1.03 bits per heavy atom. The Bertz CT molecular complexity index is 1260. The number of rotatable bonds is 5. The number of nitrogens with zero attached hydrogens (tertiary/aromatic N) is 1. The molecule has 1 aromatic heterocycles. The minimum Gasteiger partial charge on any atom is -0.507 e. The number of carbonyl (C=O) groups is 2.